The molecule has 0 radical (unpaired) electrons. The van der Waals surface area contributed by atoms with E-state index in [1.807, 2.05) is 0 Å². The van der Waals surface area contributed by atoms with Crippen molar-refractivity contribution in [2.24, 2.45) is 0 Å². The van der Waals surface area contributed by atoms with Crippen LogP contribution >= 0.6 is 23.2 Å². The predicted molar refractivity (Wildman–Crippen MR) is 130 cm³/mol. The molecule has 0 spiro atoms. The Morgan fingerprint density at radius 2 is 1.91 bits per heavy atom. The van der Waals surface area contributed by atoms with Gasteiger partial charge in [-0.1, -0.05) is 23.2 Å². The number of nitrogens with zero attached hydrogens (tertiary/aromatic N) is 4. The van der Waals surface area contributed by atoms with Crippen LogP contribution in [0.1, 0.15) is 17.1 Å². The quantitative estimate of drug-likeness (QED) is 0.278. The van der Waals surface area contributed by atoms with Crippen LogP contribution in [0.5, 0.6) is 0 Å². The van der Waals surface area contributed by atoms with Crippen LogP contribution in [-0.4, -0.2) is 23.7 Å². The van der Waals surface area contributed by atoms with Gasteiger partial charge < -0.3 is 15.2 Å². The van der Waals surface area contributed by atoms with Crippen LogP contribution in [0.2, 0.25) is 10.0 Å². The average molecular weight is 517 g/mol. The van der Waals surface area contributed by atoms with Gasteiger partial charge in [0, 0.05) is 29.2 Å². The van der Waals surface area contributed by atoms with E-state index < -0.39 is 16.9 Å². The molecule has 34 heavy (non-hydrogen) atoms. The number of aromatic nitrogens is 3. The van der Waals surface area contributed by atoms with E-state index in [0.717, 1.165) is 0 Å². The smallest absolute Gasteiger partial charge is 0.160 e. The average Bonchev–Trinajstić information content (AvgIpc) is 2.80. The first kappa shape index (κ1) is 23.8. The van der Waals surface area contributed by atoms with Crippen LogP contribution in [0.25, 0.3) is 10.9 Å². The van der Waals surface area contributed by atoms with E-state index in [2.05, 4.69) is 31.7 Å². The van der Waals surface area contributed by atoms with E-state index in [9.17, 15) is 13.9 Å². The van der Waals surface area contributed by atoms with Gasteiger partial charge in [0.25, 0.3) is 0 Å². The molecule has 4 aromatic rings. The molecule has 4 rings (SSSR count). The molecule has 1 unspecified atom stereocenters. The largest absolute Gasteiger partial charge is 0.379 e. The Balaban J connectivity index is 1.68. The number of pyridine rings is 1. The molecule has 172 valence electrons. The molecule has 0 bridgehead atoms. The molecule has 12 heteroatoms. The molecule has 0 aliphatic heterocycles. The van der Waals surface area contributed by atoms with E-state index in [1.54, 1.807) is 18.2 Å². The Kier molecular flexibility index (Phi) is 7.19. The summed E-state index contributed by atoms with van der Waals surface area (Å²) in [6, 6.07) is 11.4. The third-order valence-electron chi connectivity index (χ3n) is 4.72. The number of nitrogens with one attached hydrogen (secondary N) is 2. The summed E-state index contributed by atoms with van der Waals surface area (Å²) >= 11 is 10.3. The van der Waals surface area contributed by atoms with E-state index >= 15 is 0 Å². The number of hydrogen-bond acceptors (Lipinski definition) is 7. The minimum atomic E-state index is -2.04. The van der Waals surface area contributed by atoms with Crippen molar-refractivity contribution < 1.29 is 13.2 Å². The minimum Gasteiger partial charge on any atom is -0.379 e. The molecule has 0 fully saturated rings. The number of rotatable bonds is 7. The summed E-state index contributed by atoms with van der Waals surface area (Å²) in [5.41, 5.74) is 2.89. The van der Waals surface area contributed by atoms with Crippen molar-refractivity contribution >= 4 is 62.2 Å². The number of benzene rings is 2. The zero-order valence-electron chi connectivity index (χ0n) is 17.2. The molecule has 0 saturated heterocycles. The first-order chi connectivity index (χ1) is 16.3. The van der Waals surface area contributed by atoms with Gasteiger partial charge in [0.05, 0.1) is 39.1 Å². The van der Waals surface area contributed by atoms with Crippen molar-refractivity contribution in [3.05, 3.63) is 81.7 Å². The zero-order valence-corrected chi connectivity index (χ0v) is 19.5. The number of hydrogen-bond donors (Lipinski definition) is 3. The van der Waals surface area contributed by atoms with Gasteiger partial charge in [0.2, 0.25) is 0 Å². The van der Waals surface area contributed by atoms with Crippen molar-refractivity contribution in [1.82, 2.24) is 15.0 Å². The lowest BCUT2D eigenvalue weighted by Gasteiger charge is -2.15. The maximum atomic E-state index is 13.6. The maximum Gasteiger partial charge on any atom is 0.160 e. The second-order valence-corrected chi connectivity index (χ2v) is 8.80. The fourth-order valence-corrected chi connectivity index (χ4v) is 4.02. The van der Waals surface area contributed by atoms with Crippen LogP contribution in [0, 0.1) is 17.1 Å². The van der Waals surface area contributed by atoms with Gasteiger partial charge >= 0.3 is 0 Å². The van der Waals surface area contributed by atoms with Gasteiger partial charge in [-0.25, -0.2) is 18.6 Å². The molecular weight excluding hydrogens is 502 g/mol. The molecule has 3 N–H and O–H groups in total. The molecule has 2 aromatic carbocycles. The highest BCUT2D eigenvalue weighted by Crippen LogP contribution is 2.35. The summed E-state index contributed by atoms with van der Waals surface area (Å²) < 4.78 is 33.6. The highest BCUT2D eigenvalue weighted by Gasteiger charge is 2.14. The fraction of sp³-hybridized carbons (Fsp3) is 0.0909. The number of fused-ring (bicyclic) bond motifs is 1. The molecule has 2 heterocycles. The standard InChI is InChI=1S/C22H15Cl2FN6O2S/c23-17-6-13(1-2-19(17)25)31-21-12(8-26)9-29-22-16(21)5-15(7-18(22)24)28-10-14-3-4-27-20(30-14)11-34(32)33/h1-7,9,28H,10-11H2,(H,29,31)(H,32,33). The molecule has 0 saturated carbocycles. The van der Waals surface area contributed by atoms with Gasteiger partial charge in [-0.15, -0.1) is 0 Å². The van der Waals surface area contributed by atoms with Crippen molar-refractivity contribution in [2.45, 2.75) is 12.3 Å². The normalized spacial score (nSPS) is 11.7. The fourth-order valence-electron chi connectivity index (χ4n) is 3.21. The Morgan fingerprint density at radius 1 is 1.12 bits per heavy atom. The molecular formula is C22H15Cl2FN6O2S. The van der Waals surface area contributed by atoms with Crippen molar-refractivity contribution in [3.63, 3.8) is 0 Å². The van der Waals surface area contributed by atoms with Gasteiger partial charge in [-0.3, -0.25) is 4.98 Å². The van der Waals surface area contributed by atoms with Crippen LogP contribution in [0.4, 0.5) is 21.5 Å². The highest BCUT2D eigenvalue weighted by molar-refractivity contribution is 7.78. The van der Waals surface area contributed by atoms with Crippen molar-refractivity contribution in [1.29, 1.82) is 5.26 Å². The Bertz CT molecular complexity index is 1460. The second kappa shape index (κ2) is 10.3. The lowest BCUT2D eigenvalue weighted by molar-refractivity contribution is 0.562. The van der Waals surface area contributed by atoms with Gasteiger partial charge in [0.15, 0.2) is 11.1 Å². The molecule has 0 aliphatic rings. The number of halogens is 3. The topological polar surface area (TPSA) is 124 Å². The summed E-state index contributed by atoms with van der Waals surface area (Å²) in [6.07, 6.45) is 2.92. The number of anilines is 3. The first-order valence-electron chi connectivity index (χ1n) is 9.70. The van der Waals surface area contributed by atoms with E-state index in [4.69, 9.17) is 27.8 Å². The lowest BCUT2D eigenvalue weighted by atomic mass is 10.1. The Labute approximate surface area is 206 Å². The van der Waals surface area contributed by atoms with Gasteiger partial charge in [-0.2, -0.15) is 5.26 Å². The Hall–Kier alpha value is -3.36. The lowest BCUT2D eigenvalue weighted by Crippen LogP contribution is -2.06. The van der Waals surface area contributed by atoms with E-state index in [-0.39, 0.29) is 28.7 Å². The SMILES string of the molecule is N#Cc1cnc2c(Cl)cc(NCc3ccnc(CS(=O)O)n3)cc2c1Nc1ccc(F)c(Cl)c1. The van der Waals surface area contributed by atoms with E-state index in [0.29, 0.717) is 38.7 Å². The van der Waals surface area contributed by atoms with Crippen LogP contribution < -0.4 is 10.6 Å². The molecule has 8 nitrogen and oxygen atoms in total. The van der Waals surface area contributed by atoms with Crippen LogP contribution in [-0.2, 0) is 23.4 Å². The van der Waals surface area contributed by atoms with Crippen molar-refractivity contribution in [2.75, 3.05) is 10.6 Å². The Morgan fingerprint density at radius 3 is 2.65 bits per heavy atom. The third-order valence-corrected chi connectivity index (χ3v) is 5.81. The van der Waals surface area contributed by atoms with E-state index in [1.165, 1.54) is 30.6 Å². The van der Waals surface area contributed by atoms with Crippen molar-refractivity contribution in [3.8, 4) is 6.07 Å². The summed E-state index contributed by atoms with van der Waals surface area (Å²) in [5, 5.41) is 16.8. The second-order valence-electron chi connectivity index (χ2n) is 7.05. The summed E-state index contributed by atoms with van der Waals surface area (Å²) in [5.74, 6) is -0.468. The molecule has 2 aromatic heterocycles. The summed E-state index contributed by atoms with van der Waals surface area (Å²) in [6.45, 7) is 0.289. The maximum absolute atomic E-state index is 13.6. The zero-order chi connectivity index (χ0) is 24.2. The minimum absolute atomic E-state index is 0.0588. The third kappa shape index (κ3) is 5.40. The highest BCUT2D eigenvalue weighted by atomic mass is 35.5. The van der Waals surface area contributed by atoms with Gasteiger partial charge in [-0.05, 0) is 36.4 Å². The number of nitriles is 1. The monoisotopic (exact) mass is 516 g/mol. The predicted octanol–water partition coefficient (Wildman–Crippen LogP) is 5.42. The molecule has 1 atom stereocenters. The molecule has 0 aliphatic carbocycles. The first-order valence-corrected chi connectivity index (χ1v) is 11.7. The summed E-state index contributed by atoms with van der Waals surface area (Å²) in [4.78, 5) is 12.5. The summed E-state index contributed by atoms with van der Waals surface area (Å²) in [7, 11) is 0. The van der Waals surface area contributed by atoms with Crippen LogP contribution in [0.3, 0.4) is 0 Å². The van der Waals surface area contributed by atoms with Crippen LogP contribution in [0.15, 0.2) is 48.8 Å². The van der Waals surface area contributed by atoms with Gasteiger partial charge in [0.1, 0.15) is 23.5 Å². The molecule has 0 amide bonds.